The van der Waals surface area contributed by atoms with Gasteiger partial charge in [-0.25, -0.2) is 0 Å². The number of hydrogen-bond donors (Lipinski definition) is 1. The molecule has 0 bridgehead atoms. The molecular formula is C14H20O2. The number of aryl methyl sites for hydroxylation is 1. The highest BCUT2D eigenvalue weighted by atomic mass is 16.5. The van der Waals surface area contributed by atoms with Gasteiger partial charge in [-0.3, -0.25) is 0 Å². The summed E-state index contributed by atoms with van der Waals surface area (Å²) in [6.45, 7) is 2.05. The third-order valence-corrected chi connectivity index (χ3v) is 3.70. The second-order valence-corrected chi connectivity index (χ2v) is 4.71. The molecule has 2 unspecified atom stereocenters. The average molecular weight is 220 g/mol. The molecule has 0 amide bonds. The van der Waals surface area contributed by atoms with Gasteiger partial charge in [-0.2, -0.15) is 0 Å². The Morgan fingerprint density at radius 1 is 1.31 bits per heavy atom. The predicted molar refractivity (Wildman–Crippen MR) is 64.3 cm³/mol. The maximum Gasteiger partial charge on any atom is 0.116 e. The highest BCUT2D eigenvalue weighted by Gasteiger charge is 2.41. The van der Waals surface area contributed by atoms with Crippen LogP contribution in [-0.4, -0.2) is 18.3 Å². The minimum Gasteiger partial charge on any atom is -0.382 e. The summed E-state index contributed by atoms with van der Waals surface area (Å²) in [6.07, 6.45) is 3.90. The first kappa shape index (κ1) is 11.6. The molecule has 2 rings (SSSR count). The van der Waals surface area contributed by atoms with Crippen molar-refractivity contribution in [1.29, 1.82) is 0 Å². The fraction of sp³-hybridized carbons (Fsp3) is 0.571. The molecule has 0 heterocycles. The normalized spacial score (nSPS) is 30.3. The number of hydrogen-bond acceptors (Lipinski definition) is 2. The largest absolute Gasteiger partial charge is 0.382 e. The summed E-state index contributed by atoms with van der Waals surface area (Å²) in [4.78, 5) is 0. The fourth-order valence-corrected chi connectivity index (χ4v) is 2.80. The van der Waals surface area contributed by atoms with Crippen molar-refractivity contribution in [1.82, 2.24) is 0 Å². The van der Waals surface area contributed by atoms with Crippen LogP contribution in [0.5, 0.6) is 0 Å². The van der Waals surface area contributed by atoms with Crippen molar-refractivity contribution < 1.29 is 9.84 Å². The van der Waals surface area contributed by atoms with Crippen LogP contribution >= 0.6 is 0 Å². The maximum atomic E-state index is 10.9. The zero-order valence-corrected chi connectivity index (χ0v) is 10.1. The van der Waals surface area contributed by atoms with E-state index in [0.717, 1.165) is 36.8 Å². The molecule has 0 aromatic heterocycles. The monoisotopic (exact) mass is 220 g/mol. The molecule has 1 aromatic carbocycles. The van der Waals surface area contributed by atoms with Crippen LogP contribution in [-0.2, 0) is 10.3 Å². The van der Waals surface area contributed by atoms with Crippen LogP contribution in [0.1, 0.15) is 36.8 Å². The number of methoxy groups -OCH3 is 1. The molecular weight excluding hydrogens is 200 g/mol. The molecule has 0 radical (unpaired) electrons. The minimum atomic E-state index is -0.793. The van der Waals surface area contributed by atoms with Crippen LogP contribution in [0.2, 0.25) is 0 Å². The van der Waals surface area contributed by atoms with E-state index in [2.05, 4.69) is 13.0 Å². The van der Waals surface area contributed by atoms with Gasteiger partial charge in [-0.1, -0.05) is 37.1 Å². The first-order valence-corrected chi connectivity index (χ1v) is 6.00. The molecule has 0 saturated heterocycles. The van der Waals surface area contributed by atoms with Crippen LogP contribution in [0.3, 0.4) is 0 Å². The van der Waals surface area contributed by atoms with Gasteiger partial charge in [-0.05, 0) is 30.9 Å². The summed E-state index contributed by atoms with van der Waals surface area (Å²) in [5.74, 6) is 0. The van der Waals surface area contributed by atoms with Gasteiger partial charge in [0.15, 0.2) is 0 Å². The molecule has 1 saturated carbocycles. The Bertz CT molecular complexity index is 362. The molecule has 16 heavy (non-hydrogen) atoms. The lowest BCUT2D eigenvalue weighted by atomic mass is 9.76. The van der Waals surface area contributed by atoms with E-state index in [1.54, 1.807) is 7.11 Å². The third-order valence-electron chi connectivity index (χ3n) is 3.70. The van der Waals surface area contributed by atoms with Crippen molar-refractivity contribution in [2.45, 2.75) is 44.3 Å². The van der Waals surface area contributed by atoms with Gasteiger partial charge < -0.3 is 9.84 Å². The molecule has 0 spiro atoms. The topological polar surface area (TPSA) is 29.5 Å². The van der Waals surface area contributed by atoms with Gasteiger partial charge in [0.2, 0.25) is 0 Å². The minimum absolute atomic E-state index is 0.0673. The van der Waals surface area contributed by atoms with Crippen molar-refractivity contribution in [3.8, 4) is 0 Å². The predicted octanol–water partition coefficient (Wildman–Crippen LogP) is 2.77. The molecule has 0 aliphatic heterocycles. The van der Waals surface area contributed by atoms with Crippen LogP contribution in [0.4, 0.5) is 0 Å². The third kappa shape index (κ3) is 1.87. The van der Waals surface area contributed by atoms with Crippen molar-refractivity contribution in [2.24, 2.45) is 0 Å². The van der Waals surface area contributed by atoms with Crippen LogP contribution < -0.4 is 0 Å². The zero-order valence-electron chi connectivity index (χ0n) is 10.1. The number of ether oxygens (including phenoxy) is 1. The molecule has 88 valence electrons. The molecule has 1 fully saturated rings. The van der Waals surface area contributed by atoms with Crippen molar-refractivity contribution in [3.05, 3.63) is 35.4 Å². The van der Waals surface area contributed by atoms with E-state index >= 15 is 0 Å². The smallest absolute Gasteiger partial charge is 0.116 e. The molecule has 1 N–H and O–H groups in total. The first-order valence-electron chi connectivity index (χ1n) is 6.00. The highest BCUT2D eigenvalue weighted by Crippen LogP contribution is 2.39. The van der Waals surface area contributed by atoms with Gasteiger partial charge in [0, 0.05) is 7.11 Å². The van der Waals surface area contributed by atoms with Crippen LogP contribution in [0, 0.1) is 6.92 Å². The van der Waals surface area contributed by atoms with Gasteiger partial charge in [0.05, 0.1) is 6.10 Å². The van der Waals surface area contributed by atoms with Crippen LogP contribution in [0.15, 0.2) is 24.3 Å². The van der Waals surface area contributed by atoms with Gasteiger partial charge >= 0.3 is 0 Å². The Labute approximate surface area is 97.3 Å². The Morgan fingerprint density at radius 2 is 2.06 bits per heavy atom. The summed E-state index contributed by atoms with van der Waals surface area (Å²) in [5.41, 5.74) is 1.38. The van der Waals surface area contributed by atoms with Crippen LogP contribution in [0.25, 0.3) is 0 Å². The van der Waals surface area contributed by atoms with Gasteiger partial charge in [0.1, 0.15) is 5.60 Å². The molecule has 2 heteroatoms. The fourth-order valence-electron chi connectivity index (χ4n) is 2.80. The average Bonchev–Trinajstić information content (AvgIpc) is 2.30. The second-order valence-electron chi connectivity index (χ2n) is 4.71. The van der Waals surface area contributed by atoms with E-state index in [1.807, 2.05) is 18.2 Å². The van der Waals surface area contributed by atoms with Gasteiger partial charge in [-0.15, -0.1) is 0 Å². The Hall–Kier alpha value is -0.860. The summed E-state index contributed by atoms with van der Waals surface area (Å²) < 4.78 is 5.47. The molecule has 2 atom stereocenters. The zero-order chi connectivity index (χ0) is 11.6. The molecule has 1 aliphatic rings. The SMILES string of the molecule is COC1CCCCC1(O)c1ccccc1C. The second kappa shape index (κ2) is 4.56. The first-order chi connectivity index (χ1) is 7.68. The number of aliphatic hydroxyl groups is 1. The highest BCUT2D eigenvalue weighted by molar-refractivity contribution is 5.32. The standard InChI is InChI=1S/C14H20O2/c1-11-7-3-4-8-12(11)14(15)10-6-5-9-13(14)16-2/h3-4,7-8,13,15H,5-6,9-10H2,1-2H3. The van der Waals surface area contributed by atoms with E-state index in [9.17, 15) is 5.11 Å². The van der Waals surface area contributed by atoms with E-state index < -0.39 is 5.60 Å². The lowest BCUT2D eigenvalue weighted by Gasteiger charge is -2.40. The lowest BCUT2D eigenvalue weighted by Crippen LogP contribution is -2.43. The summed E-state index contributed by atoms with van der Waals surface area (Å²) in [5, 5.41) is 10.9. The maximum absolute atomic E-state index is 10.9. The lowest BCUT2D eigenvalue weighted by molar-refractivity contribution is -0.123. The molecule has 1 aromatic rings. The Kier molecular flexibility index (Phi) is 3.31. The molecule has 2 nitrogen and oxygen atoms in total. The van der Waals surface area contributed by atoms with Gasteiger partial charge in [0.25, 0.3) is 0 Å². The summed E-state index contributed by atoms with van der Waals surface area (Å²) >= 11 is 0. The summed E-state index contributed by atoms with van der Waals surface area (Å²) in [6, 6.07) is 8.07. The van der Waals surface area contributed by atoms with Crippen molar-refractivity contribution in [2.75, 3.05) is 7.11 Å². The van der Waals surface area contributed by atoms with Crippen molar-refractivity contribution in [3.63, 3.8) is 0 Å². The molecule has 1 aliphatic carbocycles. The quantitative estimate of drug-likeness (QED) is 0.830. The number of benzene rings is 1. The van der Waals surface area contributed by atoms with E-state index in [-0.39, 0.29) is 6.10 Å². The Morgan fingerprint density at radius 3 is 2.75 bits per heavy atom. The summed E-state index contributed by atoms with van der Waals surface area (Å²) in [7, 11) is 1.69. The van der Waals surface area contributed by atoms with E-state index in [1.165, 1.54) is 0 Å². The van der Waals surface area contributed by atoms with E-state index in [0.29, 0.717) is 0 Å². The van der Waals surface area contributed by atoms with E-state index in [4.69, 9.17) is 4.74 Å². The number of rotatable bonds is 2. The Balaban J connectivity index is 2.39. The van der Waals surface area contributed by atoms with Crippen molar-refractivity contribution >= 4 is 0 Å².